The van der Waals surface area contributed by atoms with Crippen molar-refractivity contribution in [1.29, 1.82) is 0 Å². The minimum absolute atomic E-state index is 0.525. The van der Waals surface area contributed by atoms with E-state index in [9.17, 15) is 0 Å². The summed E-state index contributed by atoms with van der Waals surface area (Å²) in [7, 11) is 0. The van der Waals surface area contributed by atoms with Gasteiger partial charge in [0.15, 0.2) is 0 Å². The summed E-state index contributed by atoms with van der Waals surface area (Å²) in [6.45, 7) is 4.46. The summed E-state index contributed by atoms with van der Waals surface area (Å²) < 4.78 is 0. The second kappa shape index (κ2) is 3.25. The Balaban J connectivity index is 2.27. The highest BCUT2D eigenvalue weighted by Crippen LogP contribution is 2.24. The fraction of sp³-hybridized carbons (Fsp3) is 0.333. The smallest absolute Gasteiger partial charge is 0.0451 e. The third-order valence-electron chi connectivity index (χ3n) is 2.60. The molecule has 1 aliphatic rings. The van der Waals surface area contributed by atoms with E-state index in [-0.39, 0.29) is 0 Å². The van der Waals surface area contributed by atoms with Crippen molar-refractivity contribution < 1.29 is 0 Å². The van der Waals surface area contributed by atoms with Crippen LogP contribution >= 0.6 is 0 Å². The summed E-state index contributed by atoms with van der Waals surface area (Å²) in [6, 6.07) is 11.6. The first-order chi connectivity index (χ1) is 6.29. The molecule has 0 aromatic heterocycles. The summed E-state index contributed by atoms with van der Waals surface area (Å²) in [5.74, 6) is 0. The minimum Gasteiger partial charge on any atom is -0.359 e. The molecule has 2 unspecified atom stereocenters. The summed E-state index contributed by atoms with van der Waals surface area (Å²) >= 11 is 0. The lowest BCUT2D eigenvalue weighted by molar-refractivity contribution is 0.728. The molecule has 0 radical (unpaired) electrons. The number of para-hydroxylation sites is 1. The zero-order chi connectivity index (χ0) is 9.26. The monoisotopic (exact) mass is 173 g/mol. The van der Waals surface area contributed by atoms with Crippen LogP contribution in [0.1, 0.15) is 13.8 Å². The highest BCUT2D eigenvalue weighted by Gasteiger charge is 2.21. The largest absolute Gasteiger partial charge is 0.359 e. The summed E-state index contributed by atoms with van der Waals surface area (Å²) in [5, 5.41) is 0. The number of anilines is 1. The van der Waals surface area contributed by atoms with Crippen molar-refractivity contribution >= 4 is 5.69 Å². The van der Waals surface area contributed by atoms with Gasteiger partial charge in [-0.3, -0.25) is 0 Å². The van der Waals surface area contributed by atoms with Gasteiger partial charge in [0, 0.05) is 17.8 Å². The van der Waals surface area contributed by atoms with Gasteiger partial charge in [0.1, 0.15) is 0 Å². The van der Waals surface area contributed by atoms with Crippen LogP contribution in [0.25, 0.3) is 0 Å². The van der Waals surface area contributed by atoms with Gasteiger partial charge < -0.3 is 4.90 Å². The van der Waals surface area contributed by atoms with E-state index in [4.69, 9.17) is 0 Å². The van der Waals surface area contributed by atoms with E-state index >= 15 is 0 Å². The predicted octanol–water partition coefficient (Wildman–Crippen LogP) is 2.84. The maximum Gasteiger partial charge on any atom is 0.0451 e. The molecular weight excluding hydrogens is 158 g/mol. The molecule has 1 aromatic rings. The van der Waals surface area contributed by atoms with Gasteiger partial charge in [-0.2, -0.15) is 0 Å². The van der Waals surface area contributed by atoms with Gasteiger partial charge in [-0.15, -0.1) is 0 Å². The van der Waals surface area contributed by atoms with E-state index in [1.807, 2.05) is 0 Å². The Morgan fingerprint density at radius 2 is 1.46 bits per heavy atom. The molecule has 68 valence electrons. The molecule has 2 rings (SSSR count). The fourth-order valence-electron chi connectivity index (χ4n) is 1.95. The van der Waals surface area contributed by atoms with Gasteiger partial charge in [0.25, 0.3) is 0 Å². The zero-order valence-corrected chi connectivity index (χ0v) is 8.14. The lowest BCUT2D eigenvalue weighted by Crippen LogP contribution is -2.33. The van der Waals surface area contributed by atoms with Gasteiger partial charge >= 0.3 is 0 Å². The molecule has 1 aromatic carbocycles. The van der Waals surface area contributed by atoms with E-state index in [2.05, 4.69) is 61.2 Å². The molecule has 2 atom stereocenters. The highest BCUT2D eigenvalue weighted by molar-refractivity contribution is 5.52. The number of benzene rings is 1. The van der Waals surface area contributed by atoms with Gasteiger partial charge in [0.05, 0.1) is 0 Å². The van der Waals surface area contributed by atoms with Gasteiger partial charge in [-0.1, -0.05) is 30.4 Å². The topological polar surface area (TPSA) is 3.24 Å². The van der Waals surface area contributed by atoms with E-state index < -0.39 is 0 Å². The lowest BCUT2D eigenvalue weighted by Gasteiger charge is -2.28. The minimum atomic E-state index is 0.525. The summed E-state index contributed by atoms with van der Waals surface area (Å²) in [6.07, 6.45) is 4.52. The maximum absolute atomic E-state index is 2.42. The second-order valence-electron chi connectivity index (χ2n) is 3.61. The van der Waals surface area contributed by atoms with Gasteiger partial charge in [0.2, 0.25) is 0 Å². The molecular formula is C12H15N. The van der Waals surface area contributed by atoms with E-state index in [0.717, 1.165) is 0 Å². The molecule has 1 heteroatoms. The van der Waals surface area contributed by atoms with Crippen molar-refractivity contribution in [2.24, 2.45) is 0 Å². The van der Waals surface area contributed by atoms with Gasteiger partial charge in [-0.05, 0) is 26.0 Å². The third kappa shape index (κ3) is 1.46. The molecule has 13 heavy (non-hydrogen) atoms. The van der Waals surface area contributed by atoms with Crippen molar-refractivity contribution in [3.63, 3.8) is 0 Å². The molecule has 1 aliphatic heterocycles. The Kier molecular flexibility index (Phi) is 2.09. The first-order valence-electron chi connectivity index (χ1n) is 4.81. The van der Waals surface area contributed by atoms with Crippen molar-refractivity contribution in [3.05, 3.63) is 42.5 Å². The quantitative estimate of drug-likeness (QED) is 0.590. The normalized spacial score (nSPS) is 26.8. The number of hydrogen-bond acceptors (Lipinski definition) is 1. The van der Waals surface area contributed by atoms with Crippen molar-refractivity contribution in [3.8, 4) is 0 Å². The van der Waals surface area contributed by atoms with Crippen LogP contribution in [0.5, 0.6) is 0 Å². The average Bonchev–Trinajstić information content (AvgIpc) is 2.48. The fourth-order valence-corrected chi connectivity index (χ4v) is 1.95. The number of rotatable bonds is 1. The lowest BCUT2D eigenvalue weighted by atomic mass is 10.2. The van der Waals surface area contributed by atoms with Gasteiger partial charge in [-0.25, -0.2) is 0 Å². The Labute approximate surface area is 79.7 Å². The second-order valence-corrected chi connectivity index (χ2v) is 3.61. The number of hydrogen-bond donors (Lipinski definition) is 0. The molecule has 0 amide bonds. The van der Waals surface area contributed by atoms with Crippen LogP contribution in [-0.2, 0) is 0 Å². The van der Waals surface area contributed by atoms with E-state index in [1.54, 1.807) is 0 Å². The SMILES string of the molecule is CC1C=CC(C)N1c1ccccc1. The molecule has 0 spiro atoms. The van der Waals surface area contributed by atoms with Crippen LogP contribution in [0.15, 0.2) is 42.5 Å². The zero-order valence-electron chi connectivity index (χ0n) is 8.14. The number of nitrogens with zero attached hydrogens (tertiary/aromatic N) is 1. The third-order valence-corrected chi connectivity index (χ3v) is 2.60. The molecule has 0 aliphatic carbocycles. The Morgan fingerprint density at radius 1 is 0.923 bits per heavy atom. The predicted molar refractivity (Wildman–Crippen MR) is 57.0 cm³/mol. The maximum atomic E-state index is 2.42. The van der Waals surface area contributed by atoms with Crippen LogP contribution in [0.3, 0.4) is 0 Å². The molecule has 0 bridgehead atoms. The molecule has 1 nitrogen and oxygen atoms in total. The molecule has 0 saturated carbocycles. The first-order valence-corrected chi connectivity index (χ1v) is 4.81. The van der Waals surface area contributed by atoms with Crippen LogP contribution in [-0.4, -0.2) is 12.1 Å². The molecule has 0 saturated heterocycles. The standard InChI is InChI=1S/C12H15N/c1-10-8-9-11(2)13(10)12-6-4-3-5-7-12/h3-11H,1-2H3. The van der Waals surface area contributed by atoms with Crippen molar-refractivity contribution in [2.75, 3.05) is 4.90 Å². The molecule has 0 N–H and O–H groups in total. The van der Waals surface area contributed by atoms with E-state index in [0.29, 0.717) is 12.1 Å². The highest BCUT2D eigenvalue weighted by atomic mass is 15.2. The van der Waals surface area contributed by atoms with Crippen molar-refractivity contribution in [1.82, 2.24) is 0 Å². The van der Waals surface area contributed by atoms with Crippen molar-refractivity contribution in [2.45, 2.75) is 25.9 Å². The summed E-state index contributed by atoms with van der Waals surface area (Å²) in [4.78, 5) is 2.42. The van der Waals surface area contributed by atoms with Crippen LogP contribution < -0.4 is 4.90 Å². The summed E-state index contributed by atoms with van der Waals surface area (Å²) in [5.41, 5.74) is 1.31. The molecule has 0 fully saturated rings. The Hall–Kier alpha value is -1.24. The van der Waals surface area contributed by atoms with Crippen LogP contribution in [0, 0.1) is 0 Å². The average molecular weight is 173 g/mol. The Bertz CT molecular complexity index is 290. The Morgan fingerprint density at radius 3 is 2.00 bits per heavy atom. The van der Waals surface area contributed by atoms with Crippen LogP contribution in [0.4, 0.5) is 5.69 Å². The van der Waals surface area contributed by atoms with E-state index in [1.165, 1.54) is 5.69 Å². The molecule has 1 heterocycles. The first kappa shape index (κ1) is 8.36. The van der Waals surface area contributed by atoms with Crippen LogP contribution in [0.2, 0.25) is 0 Å².